The highest BCUT2D eigenvalue weighted by atomic mass is 16.6. The van der Waals surface area contributed by atoms with Crippen LogP contribution in [0.1, 0.15) is 31.7 Å². The lowest BCUT2D eigenvalue weighted by Gasteiger charge is -2.09. The summed E-state index contributed by atoms with van der Waals surface area (Å²) >= 11 is 0. The first kappa shape index (κ1) is 13.7. The number of carbonyl (C=O) groups excluding carboxylic acids is 1. The summed E-state index contributed by atoms with van der Waals surface area (Å²) in [5.74, 6) is -0.290. The van der Waals surface area contributed by atoms with Gasteiger partial charge in [-0.25, -0.2) is 5.48 Å². The normalized spacial score (nSPS) is 12.1. The molecule has 2 N–H and O–H groups in total. The van der Waals surface area contributed by atoms with Crippen molar-refractivity contribution in [1.82, 2.24) is 5.48 Å². The first-order valence-electron chi connectivity index (χ1n) is 5.85. The predicted octanol–water partition coefficient (Wildman–Crippen LogP) is 1.79. The van der Waals surface area contributed by atoms with Gasteiger partial charge in [-0.3, -0.25) is 9.63 Å². The molecule has 0 aliphatic heterocycles. The molecule has 0 saturated carbocycles. The molecular formula is C13H19NO3. The fraction of sp³-hybridized carbons (Fsp3) is 0.462. The molecule has 0 aliphatic rings. The van der Waals surface area contributed by atoms with Crippen molar-refractivity contribution in [1.29, 1.82) is 0 Å². The second-order valence-electron chi connectivity index (χ2n) is 3.95. The van der Waals surface area contributed by atoms with Crippen molar-refractivity contribution in [2.75, 3.05) is 0 Å². The fourth-order valence-corrected chi connectivity index (χ4v) is 1.47. The summed E-state index contributed by atoms with van der Waals surface area (Å²) in [5, 5.41) is 9.42. The van der Waals surface area contributed by atoms with Crippen LogP contribution in [0.5, 0.6) is 0 Å². The van der Waals surface area contributed by atoms with Gasteiger partial charge in [-0.15, -0.1) is 0 Å². The maximum Gasteiger partial charge on any atom is 0.246 e. The molecular weight excluding hydrogens is 218 g/mol. The van der Waals surface area contributed by atoms with E-state index < -0.39 is 6.10 Å². The van der Waals surface area contributed by atoms with Gasteiger partial charge < -0.3 is 5.11 Å². The van der Waals surface area contributed by atoms with Crippen LogP contribution in [0.15, 0.2) is 30.3 Å². The molecule has 94 valence electrons. The molecule has 0 bridgehead atoms. The standard InChI is InChI=1S/C13H19NO3/c1-2-6-12(15)9-13(16)14-17-10-11-7-4-3-5-8-11/h3-5,7-8,12,15H,2,6,9-10H2,1H3,(H,14,16)/t12-/m1/s1. The highest BCUT2D eigenvalue weighted by Crippen LogP contribution is 2.02. The molecule has 1 rings (SSSR count). The van der Waals surface area contributed by atoms with E-state index in [9.17, 15) is 9.90 Å². The Balaban J connectivity index is 2.16. The second kappa shape index (κ2) is 7.81. The van der Waals surface area contributed by atoms with E-state index in [1.165, 1.54) is 0 Å². The molecule has 1 aromatic rings. The highest BCUT2D eigenvalue weighted by Gasteiger charge is 2.09. The molecule has 0 aromatic heterocycles. The van der Waals surface area contributed by atoms with Gasteiger partial charge in [-0.1, -0.05) is 43.7 Å². The molecule has 0 radical (unpaired) electrons. The Morgan fingerprint density at radius 2 is 2.12 bits per heavy atom. The number of nitrogens with one attached hydrogen (secondary N) is 1. The van der Waals surface area contributed by atoms with Gasteiger partial charge in [0.05, 0.1) is 19.1 Å². The number of benzene rings is 1. The molecule has 1 amide bonds. The van der Waals surface area contributed by atoms with Crippen molar-refractivity contribution >= 4 is 5.91 Å². The zero-order valence-electron chi connectivity index (χ0n) is 10.1. The van der Waals surface area contributed by atoms with Crippen molar-refractivity contribution in [3.8, 4) is 0 Å². The minimum atomic E-state index is -0.583. The van der Waals surface area contributed by atoms with Gasteiger partial charge in [-0.05, 0) is 12.0 Å². The average molecular weight is 237 g/mol. The minimum Gasteiger partial charge on any atom is -0.393 e. The monoisotopic (exact) mass is 237 g/mol. The topological polar surface area (TPSA) is 58.6 Å². The van der Waals surface area contributed by atoms with Crippen LogP contribution >= 0.6 is 0 Å². The predicted molar refractivity (Wildman–Crippen MR) is 64.9 cm³/mol. The Bertz CT molecular complexity index is 327. The molecule has 4 nitrogen and oxygen atoms in total. The molecule has 4 heteroatoms. The largest absolute Gasteiger partial charge is 0.393 e. The number of aliphatic hydroxyl groups is 1. The fourth-order valence-electron chi connectivity index (χ4n) is 1.47. The van der Waals surface area contributed by atoms with Gasteiger partial charge in [0.2, 0.25) is 5.91 Å². The molecule has 0 spiro atoms. The Labute approximate surface area is 102 Å². The van der Waals surface area contributed by atoms with E-state index in [1.807, 2.05) is 37.3 Å². The third kappa shape index (κ3) is 6.04. The van der Waals surface area contributed by atoms with Crippen LogP contribution < -0.4 is 5.48 Å². The Hall–Kier alpha value is -1.39. The zero-order chi connectivity index (χ0) is 12.5. The van der Waals surface area contributed by atoms with E-state index in [2.05, 4.69) is 5.48 Å². The quantitative estimate of drug-likeness (QED) is 0.711. The summed E-state index contributed by atoms with van der Waals surface area (Å²) in [6.07, 6.45) is 0.994. The number of hydrogen-bond acceptors (Lipinski definition) is 3. The van der Waals surface area contributed by atoms with Crippen molar-refractivity contribution < 1.29 is 14.7 Å². The second-order valence-corrected chi connectivity index (χ2v) is 3.95. The van der Waals surface area contributed by atoms with Gasteiger partial charge in [0.25, 0.3) is 0 Å². The number of carbonyl (C=O) groups is 1. The van der Waals surface area contributed by atoms with E-state index in [0.717, 1.165) is 12.0 Å². The van der Waals surface area contributed by atoms with Crippen LogP contribution in [0, 0.1) is 0 Å². The Morgan fingerprint density at radius 1 is 1.41 bits per heavy atom. The molecule has 0 aliphatic carbocycles. The summed E-state index contributed by atoms with van der Waals surface area (Å²) < 4.78 is 0. The lowest BCUT2D eigenvalue weighted by atomic mass is 10.1. The van der Waals surface area contributed by atoms with Crippen molar-refractivity contribution in [2.45, 2.75) is 38.9 Å². The van der Waals surface area contributed by atoms with Crippen molar-refractivity contribution in [3.63, 3.8) is 0 Å². The number of hydrogen-bond donors (Lipinski definition) is 2. The lowest BCUT2D eigenvalue weighted by molar-refractivity contribution is -0.136. The van der Waals surface area contributed by atoms with Crippen LogP contribution in [-0.4, -0.2) is 17.1 Å². The summed E-state index contributed by atoms with van der Waals surface area (Å²) in [5.41, 5.74) is 3.31. The Morgan fingerprint density at radius 3 is 2.76 bits per heavy atom. The van der Waals surface area contributed by atoms with Gasteiger partial charge in [0.1, 0.15) is 0 Å². The maximum atomic E-state index is 11.3. The lowest BCUT2D eigenvalue weighted by Crippen LogP contribution is -2.27. The average Bonchev–Trinajstić information content (AvgIpc) is 2.30. The van der Waals surface area contributed by atoms with Crippen molar-refractivity contribution in [2.24, 2.45) is 0 Å². The molecule has 1 atom stereocenters. The molecule has 0 saturated heterocycles. The molecule has 0 heterocycles. The van der Waals surface area contributed by atoms with E-state index in [1.54, 1.807) is 0 Å². The van der Waals surface area contributed by atoms with Gasteiger partial charge in [0, 0.05) is 0 Å². The van der Waals surface area contributed by atoms with Crippen LogP contribution in [0.25, 0.3) is 0 Å². The van der Waals surface area contributed by atoms with E-state index in [4.69, 9.17) is 4.84 Å². The van der Waals surface area contributed by atoms with E-state index >= 15 is 0 Å². The van der Waals surface area contributed by atoms with Crippen LogP contribution in [0.2, 0.25) is 0 Å². The zero-order valence-corrected chi connectivity index (χ0v) is 10.1. The maximum absolute atomic E-state index is 11.3. The summed E-state index contributed by atoms with van der Waals surface area (Å²) in [7, 11) is 0. The first-order chi connectivity index (χ1) is 8.22. The van der Waals surface area contributed by atoms with Gasteiger partial charge >= 0.3 is 0 Å². The summed E-state index contributed by atoms with van der Waals surface area (Å²) in [6.45, 7) is 2.30. The van der Waals surface area contributed by atoms with Crippen LogP contribution in [-0.2, 0) is 16.2 Å². The molecule has 0 fully saturated rings. The van der Waals surface area contributed by atoms with Gasteiger partial charge in [0.15, 0.2) is 0 Å². The summed E-state index contributed by atoms with van der Waals surface area (Å²) in [6, 6.07) is 9.57. The van der Waals surface area contributed by atoms with Gasteiger partial charge in [-0.2, -0.15) is 0 Å². The minimum absolute atomic E-state index is 0.0859. The molecule has 17 heavy (non-hydrogen) atoms. The summed E-state index contributed by atoms with van der Waals surface area (Å²) in [4.78, 5) is 16.4. The number of aliphatic hydroxyl groups excluding tert-OH is 1. The number of rotatable bonds is 7. The van der Waals surface area contributed by atoms with Crippen LogP contribution in [0.3, 0.4) is 0 Å². The van der Waals surface area contributed by atoms with Crippen molar-refractivity contribution in [3.05, 3.63) is 35.9 Å². The highest BCUT2D eigenvalue weighted by molar-refractivity contribution is 5.75. The molecule has 0 unspecified atom stereocenters. The third-order valence-electron chi connectivity index (χ3n) is 2.31. The number of hydroxylamine groups is 1. The third-order valence-corrected chi connectivity index (χ3v) is 2.31. The smallest absolute Gasteiger partial charge is 0.246 e. The Kier molecular flexibility index (Phi) is 6.29. The van der Waals surface area contributed by atoms with E-state index in [-0.39, 0.29) is 12.3 Å². The first-order valence-corrected chi connectivity index (χ1v) is 5.85. The number of amides is 1. The SMILES string of the molecule is CCC[C@@H](O)CC(=O)NOCc1ccccc1. The van der Waals surface area contributed by atoms with Crippen LogP contribution in [0.4, 0.5) is 0 Å². The van der Waals surface area contributed by atoms with E-state index in [0.29, 0.717) is 13.0 Å². The molecule has 1 aromatic carbocycles.